The molecule has 1 amide bonds. The monoisotopic (exact) mass is 336 g/mol. The molecule has 0 spiro atoms. The molecule has 0 saturated heterocycles. The van der Waals surface area contributed by atoms with Crippen LogP contribution in [0.1, 0.15) is 27.0 Å². The summed E-state index contributed by atoms with van der Waals surface area (Å²) >= 11 is 0. The maximum Gasteiger partial charge on any atom is 0.336 e. The first-order valence-corrected chi connectivity index (χ1v) is 8.04. The van der Waals surface area contributed by atoms with Gasteiger partial charge in [0.15, 0.2) is 0 Å². The quantitative estimate of drug-likeness (QED) is 0.763. The number of benzene rings is 2. The van der Waals surface area contributed by atoms with Gasteiger partial charge < -0.3 is 15.0 Å². The van der Waals surface area contributed by atoms with Gasteiger partial charge in [-0.25, -0.2) is 4.79 Å². The van der Waals surface area contributed by atoms with E-state index in [4.69, 9.17) is 0 Å². The number of nitrogens with one attached hydrogen (secondary N) is 1. The molecule has 3 rings (SSSR count). The molecule has 5 heteroatoms. The molecule has 0 aliphatic rings. The number of carboxylic acids is 1. The molecule has 0 radical (unpaired) electrons. The van der Waals surface area contributed by atoms with Crippen LogP contribution in [0.3, 0.4) is 0 Å². The van der Waals surface area contributed by atoms with E-state index in [1.54, 1.807) is 13.0 Å². The molecule has 0 unspecified atom stereocenters. The molecule has 5 nitrogen and oxygen atoms in total. The third-order valence-corrected chi connectivity index (χ3v) is 4.41. The second kappa shape index (κ2) is 6.43. The van der Waals surface area contributed by atoms with Gasteiger partial charge in [0.05, 0.1) is 12.0 Å². The molecule has 3 aromatic rings. The zero-order valence-corrected chi connectivity index (χ0v) is 14.5. The van der Waals surface area contributed by atoms with Crippen molar-refractivity contribution >= 4 is 28.5 Å². The van der Waals surface area contributed by atoms with Crippen molar-refractivity contribution in [2.24, 2.45) is 7.05 Å². The first kappa shape index (κ1) is 16.8. The van der Waals surface area contributed by atoms with Gasteiger partial charge in [-0.15, -0.1) is 0 Å². The Labute approximate surface area is 145 Å². The summed E-state index contributed by atoms with van der Waals surface area (Å²) in [5, 5.41) is 13.1. The number of fused-ring (bicyclic) bond motifs is 1. The summed E-state index contributed by atoms with van der Waals surface area (Å²) in [6.07, 6.45) is 2.19. The van der Waals surface area contributed by atoms with Gasteiger partial charge in [-0.3, -0.25) is 4.79 Å². The highest BCUT2D eigenvalue weighted by molar-refractivity contribution is 5.98. The van der Waals surface area contributed by atoms with Crippen molar-refractivity contribution in [3.63, 3.8) is 0 Å². The number of nitrogens with zero attached hydrogens (tertiary/aromatic N) is 1. The van der Waals surface area contributed by atoms with Crippen molar-refractivity contribution in [3.8, 4) is 0 Å². The Morgan fingerprint density at radius 3 is 2.56 bits per heavy atom. The van der Waals surface area contributed by atoms with Crippen LogP contribution in [0.5, 0.6) is 0 Å². The van der Waals surface area contributed by atoms with Crippen LogP contribution in [-0.4, -0.2) is 21.6 Å². The van der Waals surface area contributed by atoms with E-state index < -0.39 is 5.97 Å². The van der Waals surface area contributed by atoms with Crippen molar-refractivity contribution < 1.29 is 14.7 Å². The average Bonchev–Trinajstić information content (AvgIpc) is 2.86. The Bertz CT molecular complexity index is 986. The summed E-state index contributed by atoms with van der Waals surface area (Å²) in [6, 6.07) is 11.2. The summed E-state index contributed by atoms with van der Waals surface area (Å²) < 4.78 is 2.00. The zero-order chi connectivity index (χ0) is 18.1. The van der Waals surface area contributed by atoms with Crippen LogP contribution < -0.4 is 5.32 Å². The number of anilines is 1. The summed E-state index contributed by atoms with van der Waals surface area (Å²) in [5.41, 5.74) is 4.27. The van der Waals surface area contributed by atoms with Gasteiger partial charge in [-0.1, -0.05) is 24.3 Å². The van der Waals surface area contributed by atoms with Crippen LogP contribution in [0.2, 0.25) is 0 Å². The van der Waals surface area contributed by atoms with Gasteiger partial charge in [0.2, 0.25) is 5.91 Å². The molecule has 0 aliphatic heterocycles. The molecule has 2 aromatic carbocycles. The van der Waals surface area contributed by atoms with Gasteiger partial charge in [0.25, 0.3) is 0 Å². The number of rotatable bonds is 4. The van der Waals surface area contributed by atoms with Gasteiger partial charge in [0, 0.05) is 29.8 Å². The summed E-state index contributed by atoms with van der Waals surface area (Å²) in [7, 11) is 1.95. The lowest BCUT2D eigenvalue weighted by Crippen LogP contribution is -2.16. The smallest absolute Gasteiger partial charge is 0.336 e. The van der Waals surface area contributed by atoms with Crippen molar-refractivity contribution in [2.45, 2.75) is 20.3 Å². The number of carbonyl (C=O) groups excluding carboxylic acids is 1. The molecular weight excluding hydrogens is 316 g/mol. The minimum Gasteiger partial charge on any atom is -0.478 e. The first-order chi connectivity index (χ1) is 11.9. The number of hydrogen-bond acceptors (Lipinski definition) is 2. The van der Waals surface area contributed by atoms with Gasteiger partial charge >= 0.3 is 5.97 Å². The maximum absolute atomic E-state index is 12.5. The Balaban J connectivity index is 1.85. The number of amides is 1. The standard InChI is InChI=1S/C20H20N2O3/c1-12-8-13(2)17(10-16(12)20(24)25)21-19(23)9-14-11-22(3)18-7-5-4-6-15(14)18/h4-8,10-11H,9H2,1-3H3,(H,21,23)(H,24,25). The number of para-hydroxylation sites is 1. The molecule has 0 aliphatic carbocycles. The average molecular weight is 336 g/mol. The molecule has 1 aromatic heterocycles. The minimum atomic E-state index is -0.998. The van der Waals surface area contributed by atoms with E-state index in [0.717, 1.165) is 22.0 Å². The van der Waals surface area contributed by atoms with Gasteiger partial charge in [0.1, 0.15) is 0 Å². The summed E-state index contributed by atoms with van der Waals surface area (Å²) in [6.45, 7) is 3.60. The predicted molar refractivity (Wildman–Crippen MR) is 98.1 cm³/mol. The third-order valence-electron chi connectivity index (χ3n) is 4.41. The first-order valence-electron chi connectivity index (χ1n) is 8.04. The SMILES string of the molecule is Cc1cc(C)c(C(=O)O)cc1NC(=O)Cc1cn(C)c2ccccc12. The molecule has 0 saturated carbocycles. The van der Waals surface area contributed by atoms with Crippen LogP contribution in [0.25, 0.3) is 10.9 Å². The number of aromatic nitrogens is 1. The van der Waals surface area contributed by atoms with E-state index in [0.29, 0.717) is 11.3 Å². The molecule has 0 fully saturated rings. The highest BCUT2D eigenvalue weighted by Crippen LogP contribution is 2.23. The van der Waals surface area contributed by atoms with E-state index in [1.165, 1.54) is 6.07 Å². The second-order valence-electron chi connectivity index (χ2n) is 6.29. The van der Waals surface area contributed by atoms with Crippen LogP contribution in [0, 0.1) is 13.8 Å². The van der Waals surface area contributed by atoms with Gasteiger partial charge in [-0.2, -0.15) is 0 Å². The normalized spacial score (nSPS) is 10.8. The fraction of sp³-hybridized carbons (Fsp3) is 0.200. The number of hydrogen-bond donors (Lipinski definition) is 2. The fourth-order valence-corrected chi connectivity index (χ4v) is 3.15. The number of carbonyl (C=O) groups is 2. The Morgan fingerprint density at radius 2 is 1.84 bits per heavy atom. The molecular formula is C20H20N2O3. The third kappa shape index (κ3) is 3.26. The maximum atomic E-state index is 12.5. The van der Waals surface area contributed by atoms with Crippen LogP contribution in [-0.2, 0) is 18.3 Å². The fourth-order valence-electron chi connectivity index (χ4n) is 3.15. The van der Waals surface area contributed by atoms with Gasteiger partial charge in [-0.05, 0) is 42.7 Å². The van der Waals surface area contributed by atoms with E-state index >= 15 is 0 Å². The van der Waals surface area contributed by atoms with E-state index in [9.17, 15) is 14.7 Å². The minimum absolute atomic E-state index is 0.167. The molecule has 128 valence electrons. The Hall–Kier alpha value is -3.08. The second-order valence-corrected chi connectivity index (χ2v) is 6.29. The van der Waals surface area contributed by atoms with Crippen molar-refractivity contribution in [1.82, 2.24) is 4.57 Å². The molecule has 0 bridgehead atoms. The predicted octanol–water partition coefficient (Wildman–Crippen LogP) is 3.67. The lowest BCUT2D eigenvalue weighted by atomic mass is 10.0. The van der Waals surface area contributed by atoms with Crippen molar-refractivity contribution in [1.29, 1.82) is 0 Å². The Kier molecular flexibility index (Phi) is 4.31. The largest absolute Gasteiger partial charge is 0.478 e. The van der Waals surface area contributed by atoms with Crippen LogP contribution >= 0.6 is 0 Å². The highest BCUT2D eigenvalue weighted by Gasteiger charge is 2.14. The van der Waals surface area contributed by atoms with Crippen LogP contribution in [0.4, 0.5) is 5.69 Å². The lowest BCUT2D eigenvalue weighted by molar-refractivity contribution is -0.115. The number of aryl methyl sites for hydroxylation is 3. The van der Waals surface area contributed by atoms with Crippen LogP contribution in [0.15, 0.2) is 42.6 Å². The highest BCUT2D eigenvalue weighted by atomic mass is 16.4. The molecule has 2 N–H and O–H groups in total. The van der Waals surface area contributed by atoms with E-state index in [-0.39, 0.29) is 17.9 Å². The van der Waals surface area contributed by atoms with Crippen molar-refractivity contribution in [2.75, 3.05) is 5.32 Å². The topological polar surface area (TPSA) is 71.3 Å². The summed E-state index contributed by atoms with van der Waals surface area (Å²) in [4.78, 5) is 23.8. The molecule has 0 atom stereocenters. The number of carboxylic acid groups (broad SMARTS) is 1. The van der Waals surface area contributed by atoms with E-state index in [1.807, 2.05) is 49.0 Å². The van der Waals surface area contributed by atoms with E-state index in [2.05, 4.69) is 5.32 Å². The molecule has 25 heavy (non-hydrogen) atoms. The molecule has 1 heterocycles. The lowest BCUT2D eigenvalue weighted by Gasteiger charge is -2.11. The van der Waals surface area contributed by atoms with Crippen molar-refractivity contribution in [3.05, 3.63) is 64.8 Å². The Morgan fingerprint density at radius 1 is 1.12 bits per heavy atom. The summed E-state index contributed by atoms with van der Waals surface area (Å²) in [5.74, 6) is -1.17. The number of aromatic carboxylic acids is 1. The zero-order valence-electron chi connectivity index (χ0n) is 14.5.